The maximum absolute atomic E-state index is 2.47. The van der Waals surface area contributed by atoms with Gasteiger partial charge in [0.25, 0.3) is 0 Å². The molecule has 0 amide bonds. The third-order valence-electron chi connectivity index (χ3n) is 4.85. The van der Waals surface area contributed by atoms with Crippen molar-refractivity contribution in [2.75, 3.05) is 0 Å². The standard InChI is InChI=1S/C13H22/c1-5-6-10-7-11-8-12(9(10)2)13(11,3)4/h5-6,9-12H,7-8H2,1-4H3. The fraction of sp³-hybridized carbons (Fsp3) is 0.846. The van der Waals surface area contributed by atoms with Crippen molar-refractivity contribution in [1.29, 1.82) is 0 Å². The van der Waals surface area contributed by atoms with Crippen molar-refractivity contribution in [2.45, 2.75) is 40.5 Å². The highest BCUT2D eigenvalue weighted by atomic mass is 14.6. The maximum atomic E-state index is 2.47. The van der Waals surface area contributed by atoms with E-state index in [0.717, 1.165) is 23.7 Å². The summed E-state index contributed by atoms with van der Waals surface area (Å²) < 4.78 is 0. The van der Waals surface area contributed by atoms with Crippen molar-refractivity contribution < 1.29 is 0 Å². The normalized spacial score (nSPS) is 47.7. The highest BCUT2D eigenvalue weighted by Gasteiger charge is 2.55. The van der Waals surface area contributed by atoms with E-state index in [2.05, 4.69) is 39.8 Å². The Balaban J connectivity index is 2.12. The highest BCUT2D eigenvalue weighted by Crippen LogP contribution is 2.63. The van der Waals surface area contributed by atoms with Gasteiger partial charge in [-0.2, -0.15) is 0 Å². The van der Waals surface area contributed by atoms with Crippen molar-refractivity contribution in [3.8, 4) is 0 Å². The van der Waals surface area contributed by atoms with Crippen molar-refractivity contribution in [3.05, 3.63) is 12.2 Å². The molecule has 3 saturated carbocycles. The van der Waals surface area contributed by atoms with Crippen LogP contribution in [0.4, 0.5) is 0 Å². The lowest BCUT2D eigenvalue weighted by atomic mass is 9.43. The van der Waals surface area contributed by atoms with Gasteiger partial charge in [0.15, 0.2) is 0 Å². The zero-order chi connectivity index (χ0) is 9.64. The first-order valence-electron chi connectivity index (χ1n) is 5.70. The van der Waals surface area contributed by atoms with Gasteiger partial charge in [-0.3, -0.25) is 0 Å². The predicted molar refractivity (Wildman–Crippen MR) is 57.5 cm³/mol. The monoisotopic (exact) mass is 178 g/mol. The first-order valence-corrected chi connectivity index (χ1v) is 5.70. The van der Waals surface area contributed by atoms with Crippen molar-refractivity contribution >= 4 is 0 Å². The van der Waals surface area contributed by atoms with E-state index in [1.165, 1.54) is 12.8 Å². The molecule has 0 nitrogen and oxygen atoms in total. The van der Waals surface area contributed by atoms with Gasteiger partial charge in [-0.15, -0.1) is 0 Å². The van der Waals surface area contributed by atoms with Crippen LogP contribution < -0.4 is 0 Å². The molecule has 74 valence electrons. The van der Waals surface area contributed by atoms with Crippen LogP contribution in [0.5, 0.6) is 0 Å². The van der Waals surface area contributed by atoms with Gasteiger partial charge in [0.05, 0.1) is 0 Å². The van der Waals surface area contributed by atoms with Crippen LogP contribution in [-0.2, 0) is 0 Å². The van der Waals surface area contributed by atoms with Gasteiger partial charge in [0.1, 0.15) is 0 Å². The minimum Gasteiger partial charge on any atom is -0.0914 e. The molecule has 0 radical (unpaired) electrons. The van der Waals surface area contributed by atoms with Gasteiger partial charge >= 0.3 is 0 Å². The summed E-state index contributed by atoms with van der Waals surface area (Å²) in [5.74, 6) is 3.79. The average molecular weight is 178 g/mol. The van der Waals surface area contributed by atoms with Crippen LogP contribution in [0.25, 0.3) is 0 Å². The molecule has 3 aliphatic rings. The van der Waals surface area contributed by atoms with Crippen molar-refractivity contribution in [1.82, 2.24) is 0 Å². The summed E-state index contributed by atoms with van der Waals surface area (Å²) in [5, 5.41) is 0. The summed E-state index contributed by atoms with van der Waals surface area (Å²) in [6.07, 6.45) is 7.61. The molecule has 13 heavy (non-hydrogen) atoms. The fourth-order valence-electron chi connectivity index (χ4n) is 3.69. The maximum Gasteiger partial charge on any atom is -0.0202 e. The molecule has 0 heterocycles. The Bertz CT molecular complexity index is 224. The smallest absolute Gasteiger partial charge is 0.0202 e. The molecule has 0 aromatic carbocycles. The van der Waals surface area contributed by atoms with Gasteiger partial charge < -0.3 is 0 Å². The summed E-state index contributed by atoms with van der Waals surface area (Å²) in [7, 11) is 0. The second-order valence-corrected chi connectivity index (χ2v) is 5.64. The van der Waals surface area contributed by atoms with Gasteiger partial charge in [0, 0.05) is 0 Å². The highest BCUT2D eigenvalue weighted by molar-refractivity contribution is 5.08. The third-order valence-corrected chi connectivity index (χ3v) is 4.85. The van der Waals surface area contributed by atoms with Gasteiger partial charge in [-0.25, -0.2) is 0 Å². The molecule has 0 heteroatoms. The van der Waals surface area contributed by atoms with Gasteiger partial charge in [-0.1, -0.05) is 32.9 Å². The molecule has 4 unspecified atom stereocenters. The van der Waals surface area contributed by atoms with E-state index >= 15 is 0 Å². The minimum absolute atomic E-state index is 0.650. The molecule has 0 saturated heterocycles. The van der Waals surface area contributed by atoms with Crippen LogP contribution in [0.1, 0.15) is 40.5 Å². The lowest BCUT2D eigenvalue weighted by molar-refractivity contribution is -0.118. The summed E-state index contributed by atoms with van der Waals surface area (Å²) in [6, 6.07) is 0. The summed E-state index contributed by atoms with van der Waals surface area (Å²) in [4.78, 5) is 0. The van der Waals surface area contributed by atoms with Crippen molar-refractivity contribution in [3.63, 3.8) is 0 Å². The van der Waals surface area contributed by atoms with Gasteiger partial charge in [0.2, 0.25) is 0 Å². The SMILES string of the molecule is CC=CC1CC2CC(C1C)C2(C)C. The predicted octanol–water partition coefficient (Wildman–Crippen LogP) is 3.88. The van der Waals surface area contributed by atoms with E-state index in [0.29, 0.717) is 5.41 Å². The fourth-order valence-corrected chi connectivity index (χ4v) is 3.69. The molecule has 0 spiro atoms. The molecular formula is C13H22. The topological polar surface area (TPSA) is 0 Å². The molecule has 3 rings (SSSR count). The number of hydrogen-bond donors (Lipinski definition) is 0. The van der Waals surface area contributed by atoms with Crippen molar-refractivity contribution in [2.24, 2.45) is 29.1 Å². The Morgan fingerprint density at radius 1 is 1.23 bits per heavy atom. The lowest BCUT2D eigenvalue weighted by Gasteiger charge is -2.61. The van der Waals surface area contributed by atoms with E-state index in [4.69, 9.17) is 0 Å². The Kier molecular flexibility index (Phi) is 2.05. The lowest BCUT2D eigenvalue weighted by Crippen LogP contribution is -2.54. The quantitative estimate of drug-likeness (QED) is 0.534. The second-order valence-electron chi connectivity index (χ2n) is 5.64. The molecule has 3 fully saturated rings. The number of rotatable bonds is 1. The Hall–Kier alpha value is -0.260. The minimum atomic E-state index is 0.650. The van der Waals surface area contributed by atoms with E-state index < -0.39 is 0 Å². The Morgan fingerprint density at radius 3 is 2.38 bits per heavy atom. The van der Waals surface area contributed by atoms with E-state index in [1.807, 2.05) is 0 Å². The zero-order valence-corrected chi connectivity index (χ0v) is 9.38. The first-order chi connectivity index (χ1) is 6.07. The molecule has 0 aromatic rings. The molecule has 3 aliphatic carbocycles. The number of allylic oxidation sites excluding steroid dienone is 2. The van der Waals surface area contributed by atoms with E-state index in [1.54, 1.807) is 0 Å². The molecule has 0 N–H and O–H groups in total. The zero-order valence-electron chi connectivity index (χ0n) is 9.38. The van der Waals surface area contributed by atoms with Crippen LogP contribution in [-0.4, -0.2) is 0 Å². The number of fused-ring (bicyclic) bond motifs is 2. The largest absolute Gasteiger partial charge is 0.0914 e. The van der Waals surface area contributed by atoms with E-state index in [9.17, 15) is 0 Å². The molecule has 2 bridgehead atoms. The van der Waals surface area contributed by atoms with Crippen LogP contribution in [0.2, 0.25) is 0 Å². The summed E-state index contributed by atoms with van der Waals surface area (Å²) in [5.41, 5.74) is 0.650. The van der Waals surface area contributed by atoms with Gasteiger partial charge in [-0.05, 0) is 48.9 Å². The van der Waals surface area contributed by atoms with Crippen LogP contribution in [0, 0.1) is 29.1 Å². The molecule has 0 aromatic heterocycles. The van der Waals surface area contributed by atoms with Crippen LogP contribution in [0.15, 0.2) is 12.2 Å². The third kappa shape index (κ3) is 1.18. The second kappa shape index (κ2) is 2.87. The molecule has 4 atom stereocenters. The Morgan fingerprint density at radius 2 is 1.92 bits per heavy atom. The first kappa shape index (κ1) is 9.30. The van der Waals surface area contributed by atoms with Crippen LogP contribution in [0.3, 0.4) is 0 Å². The number of hydrogen-bond acceptors (Lipinski definition) is 0. The summed E-state index contributed by atoms with van der Waals surface area (Å²) >= 11 is 0. The average Bonchev–Trinajstić information content (AvgIpc) is 2.08. The molecule has 0 aliphatic heterocycles. The van der Waals surface area contributed by atoms with E-state index in [-0.39, 0.29) is 0 Å². The van der Waals surface area contributed by atoms with Crippen LogP contribution >= 0.6 is 0 Å². The Labute approximate surface area is 82.4 Å². The molecular weight excluding hydrogens is 156 g/mol. The summed E-state index contributed by atoms with van der Waals surface area (Å²) in [6.45, 7) is 9.53.